The van der Waals surface area contributed by atoms with Crippen LogP contribution in [0.5, 0.6) is 6.01 Å². The minimum atomic E-state index is -0.879. The molecule has 13 heteroatoms. The first-order chi connectivity index (χ1) is 24.3. The average Bonchev–Trinajstić information content (AvgIpc) is 3.46. The maximum absolute atomic E-state index is 14.2. The van der Waals surface area contributed by atoms with Gasteiger partial charge in [-0.2, -0.15) is 15.2 Å². The molecule has 0 radical (unpaired) electrons. The predicted molar refractivity (Wildman–Crippen MR) is 192 cm³/mol. The number of hydrogen-bond acceptors (Lipinski definition) is 10. The number of likely N-dealkylation sites (N-methyl/N-ethyl adjacent to an activating group) is 1. The van der Waals surface area contributed by atoms with E-state index in [0.717, 1.165) is 53.2 Å². The molecule has 4 aliphatic rings. The molecule has 0 aliphatic carbocycles. The highest BCUT2D eigenvalue weighted by Gasteiger charge is 2.36. The van der Waals surface area contributed by atoms with Crippen LogP contribution in [0.3, 0.4) is 0 Å². The Hall–Kier alpha value is -4.02. The third kappa shape index (κ3) is 7.23. The maximum atomic E-state index is 14.2. The van der Waals surface area contributed by atoms with Gasteiger partial charge < -0.3 is 24.2 Å². The Labute approximate surface area is 297 Å². The Bertz CT molecular complexity index is 1780. The number of carbonyl (C=O) groups excluding carboxylic acids is 1. The number of anilines is 2. The molecule has 11 nitrogen and oxygen atoms in total. The highest BCUT2D eigenvalue weighted by Crippen LogP contribution is 2.37. The fraction of sp³-hybridized carbons (Fsp3) is 0.514. The number of amides is 1. The molecule has 0 N–H and O–H groups in total. The Kier molecular flexibility index (Phi) is 10.4. The second kappa shape index (κ2) is 15.1. The maximum Gasteiger partial charge on any atom is 0.318 e. The van der Waals surface area contributed by atoms with E-state index >= 15 is 0 Å². The van der Waals surface area contributed by atoms with E-state index in [9.17, 15) is 14.4 Å². The Morgan fingerprint density at radius 1 is 1.08 bits per heavy atom. The second-order valence-corrected chi connectivity index (χ2v) is 14.1. The summed E-state index contributed by atoms with van der Waals surface area (Å²) in [4.78, 5) is 34.0. The quantitative estimate of drug-likeness (QED) is 0.303. The van der Waals surface area contributed by atoms with E-state index in [-0.39, 0.29) is 37.0 Å². The normalized spacial score (nSPS) is 23.2. The first-order valence-electron chi connectivity index (χ1n) is 17.5. The molecule has 3 atom stereocenters. The van der Waals surface area contributed by atoms with Crippen LogP contribution in [0.1, 0.15) is 24.1 Å². The number of alkyl halides is 1. The molecule has 3 saturated heterocycles. The van der Waals surface area contributed by atoms with Crippen LogP contribution in [0.15, 0.2) is 48.6 Å². The molecule has 3 aromatic rings. The summed E-state index contributed by atoms with van der Waals surface area (Å²) >= 11 is 6.73. The number of halogens is 2. The molecule has 2 aromatic carbocycles. The fourth-order valence-corrected chi connectivity index (χ4v) is 8.01. The molecule has 3 fully saturated rings. The monoisotopic (exact) mass is 702 g/mol. The second-order valence-electron chi connectivity index (χ2n) is 13.7. The number of aromatic nitrogens is 2. The van der Waals surface area contributed by atoms with Gasteiger partial charge in [0.1, 0.15) is 18.6 Å². The Balaban J connectivity index is 1.16. The van der Waals surface area contributed by atoms with Gasteiger partial charge in [-0.15, -0.1) is 0 Å². The summed E-state index contributed by atoms with van der Waals surface area (Å²) in [6.45, 7) is 10.8. The Morgan fingerprint density at radius 3 is 2.64 bits per heavy atom. The van der Waals surface area contributed by atoms with Crippen molar-refractivity contribution in [2.24, 2.45) is 0 Å². The fourth-order valence-electron chi connectivity index (χ4n) is 7.73. The van der Waals surface area contributed by atoms with E-state index in [2.05, 4.69) is 45.5 Å². The summed E-state index contributed by atoms with van der Waals surface area (Å²) in [5.74, 6) is 0.660. The van der Waals surface area contributed by atoms with Gasteiger partial charge in [-0.3, -0.25) is 14.6 Å². The average molecular weight is 703 g/mol. The summed E-state index contributed by atoms with van der Waals surface area (Å²) < 4.78 is 25.9. The number of nitriles is 1. The summed E-state index contributed by atoms with van der Waals surface area (Å²) in [5, 5.41) is 12.6. The molecule has 264 valence electrons. The molecule has 50 heavy (non-hydrogen) atoms. The van der Waals surface area contributed by atoms with Crippen molar-refractivity contribution >= 4 is 39.8 Å². The number of benzene rings is 2. The van der Waals surface area contributed by atoms with Crippen LogP contribution in [0, 0.1) is 11.3 Å². The topological polar surface area (TPSA) is 101 Å². The lowest BCUT2D eigenvalue weighted by Crippen LogP contribution is -2.56. The molecule has 0 bridgehead atoms. The third-order valence-electron chi connectivity index (χ3n) is 10.4. The molecule has 0 spiro atoms. The highest BCUT2D eigenvalue weighted by atomic mass is 35.5. The third-order valence-corrected chi connectivity index (χ3v) is 10.7. The van der Waals surface area contributed by atoms with Gasteiger partial charge in [0.15, 0.2) is 0 Å². The number of rotatable bonds is 9. The van der Waals surface area contributed by atoms with Crippen LogP contribution in [-0.2, 0) is 22.5 Å². The van der Waals surface area contributed by atoms with Gasteiger partial charge >= 0.3 is 6.01 Å². The molecular weight excluding hydrogens is 659 g/mol. The van der Waals surface area contributed by atoms with E-state index in [4.69, 9.17) is 31.0 Å². The van der Waals surface area contributed by atoms with Crippen LogP contribution in [0.25, 0.3) is 10.8 Å². The van der Waals surface area contributed by atoms with E-state index in [1.165, 1.54) is 0 Å². The van der Waals surface area contributed by atoms with Crippen LogP contribution < -0.4 is 14.5 Å². The van der Waals surface area contributed by atoms with E-state index in [1.54, 1.807) is 0 Å². The number of fused-ring (bicyclic) bond motifs is 2. The summed E-state index contributed by atoms with van der Waals surface area (Å²) in [6, 6.07) is 14.3. The summed E-state index contributed by atoms with van der Waals surface area (Å²) in [6.07, 6.45) is 0.416. The number of morpholine rings is 1. The van der Waals surface area contributed by atoms with Crippen molar-refractivity contribution in [3.8, 4) is 12.1 Å². The van der Waals surface area contributed by atoms with E-state index in [0.29, 0.717) is 75.9 Å². The first-order valence-corrected chi connectivity index (χ1v) is 17.9. The van der Waals surface area contributed by atoms with Gasteiger partial charge in [0, 0.05) is 80.6 Å². The number of nitrogens with zero attached hydrogens (tertiary/aromatic N) is 8. The van der Waals surface area contributed by atoms with Crippen molar-refractivity contribution in [2.45, 2.75) is 44.1 Å². The van der Waals surface area contributed by atoms with Gasteiger partial charge in [-0.25, -0.2) is 4.39 Å². The molecule has 4 aliphatic heterocycles. The van der Waals surface area contributed by atoms with Crippen molar-refractivity contribution in [1.82, 2.24) is 24.7 Å². The zero-order chi connectivity index (χ0) is 34.8. The predicted octanol–water partition coefficient (Wildman–Crippen LogP) is 4.09. The van der Waals surface area contributed by atoms with Crippen LogP contribution in [0.2, 0.25) is 5.02 Å². The molecule has 5 heterocycles. The van der Waals surface area contributed by atoms with Crippen molar-refractivity contribution in [3.63, 3.8) is 0 Å². The highest BCUT2D eigenvalue weighted by molar-refractivity contribution is 6.36. The SMILES string of the molecule is C=C(CN1CCOCC1)C(=O)N1CCN(c2nc(OC[C@@H]3C[C@@H](F)CN3C)nc3c2CCN(c2cccc4cccc(Cl)c24)C3)C[C@@H]1CC#N. The molecule has 1 aromatic heterocycles. The van der Waals surface area contributed by atoms with Crippen molar-refractivity contribution < 1.29 is 18.7 Å². The first kappa shape index (κ1) is 34.4. The smallest absolute Gasteiger partial charge is 0.318 e. The lowest BCUT2D eigenvalue weighted by molar-refractivity contribution is -0.130. The molecule has 0 saturated carbocycles. The van der Waals surface area contributed by atoms with Crippen molar-refractivity contribution in [1.29, 1.82) is 5.26 Å². The van der Waals surface area contributed by atoms with Gasteiger partial charge in [-0.1, -0.05) is 42.4 Å². The largest absolute Gasteiger partial charge is 0.462 e. The lowest BCUT2D eigenvalue weighted by atomic mass is 10.0. The summed E-state index contributed by atoms with van der Waals surface area (Å²) in [7, 11) is 1.91. The molecule has 1 amide bonds. The molecule has 0 unspecified atom stereocenters. The zero-order valence-electron chi connectivity index (χ0n) is 28.6. The number of likely N-dealkylation sites (tertiary alicyclic amines) is 1. The number of carbonyl (C=O) groups is 1. The van der Waals surface area contributed by atoms with Crippen LogP contribution >= 0.6 is 11.6 Å². The lowest BCUT2D eigenvalue weighted by Gasteiger charge is -2.43. The number of piperazine rings is 1. The minimum absolute atomic E-state index is 0.0671. The van der Waals surface area contributed by atoms with Gasteiger partial charge in [0.05, 0.1) is 49.0 Å². The van der Waals surface area contributed by atoms with E-state index < -0.39 is 6.17 Å². The Morgan fingerprint density at radius 2 is 1.88 bits per heavy atom. The number of ether oxygens (including phenoxy) is 2. The number of hydrogen-bond donors (Lipinski definition) is 0. The van der Waals surface area contributed by atoms with Gasteiger partial charge in [-0.05, 0) is 37.4 Å². The van der Waals surface area contributed by atoms with E-state index in [1.807, 2.05) is 35.0 Å². The molecular formula is C37H44ClFN8O3. The standard InChI is InChI=1S/C37H44ClFN8O3/c1-25(20-44-15-17-49-18-16-44)36(48)47-14-13-46(22-28(47)9-11-40)35-30-10-12-45(33-8-4-6-26-5-3-7-31(38)34(26)33)23-32(30)41-37(42-35)50-24-29-19-27(39)21-43(29)2/h3-8,27-29H,1,9-10,12-24H2,2H3/t27-,28+,29+/m1/s1. The minimum Gasteiger partial charge on any atom is -0.462 e. The van der Waals surface area contributed by atoms with Crippen molar-refractivity contribution in [3.05, 3.63) is 64.8 Å². The molecule has 7 rings (SSSR count). The zero-order valence-corrected chi connectivity index (χ0v) is 29.3. The van der Waals surface area contributed by atoms with Crippen molar-refractivity contribution in [2.75, 3.05) is 89.0 Å². The van der Waals surface area contributed by atoms with Gasteiger partial charge in [0.25, 0.3) is 5.91 Å². The van der Waals surface area contributed by atoms with Crippen LogP contribution in [-0.4, -0.2) is 128 Å². The van der Waals surface area contributed by atoms with Crippen LogP contribution in [0.4, 0.5) is 15.9 Å². The summed E-state index contributed by atoms with van der Waals surface area (Å²) in [5.41, 5.74) is 3.47. The van der Waals surface area contributed by atoms with Gasteiger partial charge in [0.2, 0.25) is 0 Å².